The van der Waals surface area contributed by atoms with Crippen LogP contribution in [0.15, 0.2) is 57.9 Å². The number of hydrogen-bond acceptors (Lipinski definition) is 4. The zero-order chi connectivity index (χ0) is 18.6. The molecule has 2 rings (SSSR count). The number of carbonyl (C=O) groups is 1. The third-order valence-electron chi connectivity index (χ3n) is 3.69. The maximum atomic E-state index is 12.6. The van der Waals surface area contributed by atoms with E-state index in [1.165, 1.54) is 24.1 Å². The van der Waals surface area contributed by atoms with Gasteiger partial charge in [0.2, 0.25) is 15.9 Å². The first-order valence-electron chi connectivity index (χ1n) is 7.38. The SMILES string of the molecule is COc1cccc(N(C)C(=O)CN(C)S(=O)(=O)c2ccc(Br)cc2)c1. The summed E-state index contributed by atoms with van der Waals surface area (Å²) in [7, 11) is 0.780. The Kier molecular flexibility index (Phi) is 6.21. The lowest BCUT2D eigenvalue weighted by Gasteiger charge is -2.22. The second kappa shape index (κ2) is 7.99. The molecular formula is C17H19BrN2O4S. The maximum absolute atomic E-state index is 12.6. The standard InChI is InChI=1S/C17H19BrN2O4S/c1-19(25(22,23)16-9-7-13(18)8-10-16)12-17(21)20(2)14-5-4-6-15(11-14)24-3/h4-11H,12H2,1-3H3. The topological polar surface area (TPSA) is 66.9 Å². The minimum Gasteiger partial charge on any atom is -0.497 e. The predicted octanol–water partition coefficient (Wildman–Crippen LogP) is 2.74. The van der Waals surface area contributed by atoms with E-state index in [1.54, 1.807) is 50.6 Å². The summed E-state index contributed by atoms with van der Waals surface area (Å²) in [6.07, 6.45) is 0. The molecule has 2 aromatic rings. The summed E-state index contributed by atoms with van der Waals surface area (Å²) in [5, 5.41) is 0. The molecular weight excluding hydrogens is 408 g/mol. The van der Waals surface area contributed by atoms with Crippen LogP contribution >= 0.6 is 15.9 Å². The summed E-state index contributed by atoms with van der Waals surface area (Å²) in [6, 6.07) is 13.3. The van der Waals surface area contributed by atoms with Gasteiger partial charge in [0, 0.05) is 30.3 Å². The molecule has 1 amide bonds. The van der Waals surface area contributed by atoms with Crippen LogP contribution in [0.1, 0.15) is 0 Å². The van der Waals surface area contributed by atoms with Gasteiger partial charge in [0.1, 0.15) is 5.75 Å². The van der Waals surface area contributed by atoms with Crippen molar-refractivity contribution in [2.45, 2.75) is 4.90 Å². The lowest BCUT2D eigenvalue weighted by atomic mass is 10.2. The second-order valence-corrected chi connectivity index (χ2v) is 8.33. The lowest BCUT2D eigenvalue weighted by Crippen LogP contribution is -2.39. The summed E-state index contributed by atoms with van der Waals surface area (Å²) in [5.74, 6) is 0.268. The van der Waals surface area contributed by atoms with Gasteiger partial charge in [-0.05, 0) is 36.4 Å². The van der Waals surface area contributed by atoms with E-state index in [-0.39, 0.29) is 17.3 Å². The summed E-state index contributed by atoms with van der Waals surface area (Å²) in [5.41, 5.74) is 0.624. The van der Waals surface area contributed by atoms with Crippen molar-refractivity contribution >= 4 is 37.5 Å². The highest BCUT2D eigenvalue weighted by Gasteiger charge is 2.24. The molecule has 2 aromatic carbocycles. The first kappa shape index (κ1) is 19.4. The zero-order valence-electron chi connectivity index (χ0n) is 14.1. The number of anilines is 1. The van der Waals surface area contributed by atoms with Crippen LogP contribution in [0, 0.1) is 0 Å². The number of nitrogens with zero attached hydrogens (tertiary/aromatic N) is 2. The van der Waals surface area contributed by atoms with Crippen LogP contribution in [0.4, 0.5) is 5.69 Å². The summed E-state index contributed by atoms with van der Waals surface area (Å²) in [4.78, 5) is 14.0. The molecule has 0 radical (unpaired) electrons. The number of rotatable bonds is 6. The normalized spacial score (nSPS) is 11.4. The van der Waals surface area contributed by atoms with Crippen LogP contribution in [0.2, 0.25) is 0 Å². The molecule has 0 aromatic heterocycles. The van der Waals surface area contributed by atoms with Crippen molar-refractivity contribution in [3.63, 3.8) is 0 Å². The highest BCUT2D eigenvalue weighted by molar-refractivity contribution is 9.10. The number of sulfonamides is 1. The van der Waals surface area contributed by atoms with Crippen molar-refractivity contribution in [2.24, 2.45) is 0 Å². The van der Waals surface area contributed by atoms with Gasteiger partial charge >= 0.3 is 0 Å². The molecule has 0 bridgehead atoms. The Hall–Kier alpha value is -1.90. The van der Waals surface area contributed by atoms with E-state index in [2.05, 4.69) is 15.9 Å². The zero-order valence-corrected chi connectivity index (χ0v) is 16.5. The summed E-state index contributed by atoms with van der Waals surface area (Å²) < 4.78 is 32.1. The van der Waals surface area contributed by atoms with E-state index in [0.29, 0.717) is 11.4 Å². The largest absolute Gasteiger partial charge is 0.497 e. The Morgan fingerprint density at radius 3 is 2.36 bits per heavy atom. The fourth-order valence-electron chi connectivity index (χ4n) is 2.13. The van der Waals surface area contributed by atoms with Gasteiger partial charge in [0.15, 0.2) is 0 Å². The number of likely N-dealkylation sites (N-methyl/N-ethyl adjacent to an activating group) is 2. The molecule has 0 aliphatic rings. The number of methoxy groups -OCH3 is 1. The lowest BCUT2D eigenvalue weighted by molar-refractivity contribution is -0.118. The number of amides is 1. The van der Waals surface area contributed by atoms with Crippen LogP contribution in [0.3, 0.4) is 0 Å². The fourth-order valence-corrected chi connectivity index (χ4v) is 3.52. The molecule has 0 unspecified atom stereocenters. The number of halogens is 1. The number of ether oxygens (including phenoxy) is 1. The Morgan fingerprint density at radius 2 is 1.76 bits per heavy atom. The van der Waals surface area contributed by atoms with Crippen molar-refractivity contribution in [2.75, 3.05) is 32.6 Å². The van der Waals surface area contributed by atoms with Gasteiger partial charge in [-0.2, -0.15) is 4.31 Å². The van der Waals surface area contributed by atoms with Gasteiger partial charge in [0.25, 0.3) is 0 Å². The number of benzene rings is 2. The number of hydrogen-bond donors (Lipinski definition) is 0. The molecule has 6 nitrogen and oxygen atoms in total. The maximum Gasteiger partial charge on any atom is 0.243 e. The van der Waals surface area contributed by atoms with Gasteiger partial charge in [-0.15, -0.1) is 0 Å². The van der Waals surface area contributed by atoms with Gasteiger partial charge in [-0.25, -0.2) is 8.42 Å². The monoisotopic (exact) mass is 426 g/mol. The highest BCUT2D eigenvalue weighted by atomic mass is 79.9. The van der Waals surface area contributed by atoms with E-state index >= 15 is 0 Å². The van der Waals surface area contributed by atoms with Crippen molar-refractivity contribution in [3.8, 4) is 5.75 Å². The van der Waals surface area contributed by atoms with E-state index in [9.17, 15) is 13.2 Å². The van der Waals surface area contributed by atoms with Crippen molar-refractivity contribution in [3.05, 3.63) is 53.0 Å². The quantitative estimate of drug-likeness (QED) is 0.711. The third kappa shape index (κ3) is 4.59. The molecule has 0 spiro atoms. The Balaban J connectivity index is 2.14. The minimum absolute atomic E-state index is 0.134. The van der Waals surface area contributed by atoms with Crippen LogP contribution in [-0.4, -0.2) is 46.4 Å². The molecule has 0 saturated heterocycles. The number of carbonyl (C=O) groups excluding carboxylic acids is 1. The van der Waals surface area contributed by atoms with Gasteiger partial charge in [-0.3, -0.25) is 4.79 Å². The van der Waals surface area contributed by atoms with Crippen LogP contribution in [-0.2, 0) is 14.8 Å². The Morgan fingerprint density at radius 1 is 1.12 bits per heavy atom. The van der Waals surface area contributed by atoms with Crippen molar-refractivity contribution < 1.29 is 17.9 Å². The molecule has 0 aliphatic heterocycles. The van der Waals surface area contributed by atoms with Gasteiger partial charge in [0.05, 0.1) is 18.6 Å². The molecule has 0 N–H and O–H groups in total. The van der Waals surface area contributed by atoms with E-state index < -0.39 is 10.0 Å². The summed E-state index contributed by atoms with van der Waals surface area (Å²) >= 11 is 3.27. The van der Waals surface area contributed by atoms with Crippen molar-refractivity contribution in [1.82, 2.24) is 4.31 Å². The Bertz CT molecular complexity index is 853. The molecule has 134 valence electrons. The Labute approximate surface area is 156 Å². The van der Waals surface area contributed by atoms with Crippen LogP contribution in [0.25, 0.3) is 0 Å². The fraction of sp³-hybridized carbons (Fsp3) is 0.235. The van der Waals surface area contributed by atoms with E-state index in [0.717, 1.165) is 8.78 Å². The molecule has 0 heterocycles. The second-order valence-electron chi connectivity index (χ2n) is 5.37. The molecule has 0 fully saturated rings. The van der Waals surface area contributed by atoms with Gasteiger partial charge in [-0.1, -0.05) is 22.0 Å². The van der Waals surface area contributed by atoms with E-state index in [1.807, 2.05) is 0 Å². The first-order chi connectivity index (χ1) is 11.8. The first-order valence-corrected chi connectivity index (χ1v) is 9.61. The van der Waals surface area contributed by atoms with Crippen LogP contribution < -0.4 is 9.64 Å². The highest BCUT2D eigenvalue weighted by Crippen LogP contribution is 2.21. The average Bonchev–Trinajstić information content (AvgIpc) is 2.61. The predicted molar refractivity (Wildman–Crippen MR) is 100 cm³/mol. The average molecular weight is 427 g/mol. The van der Waals surface area contributed by atoms with Gasteiger partial charge < -0.3 is 9.64 Å². The molecule has 8 heteroatoms. The van der Waals surface area contributed by atoms with E-state index in [4.69, 9.17) is 4.74 Å². The molecule has 0 atom stereocenters. The van der Waals surface area contributed by atoms with Crippen molar-refractivity contribution in [1.29, 1.82) is 0 Å². The smallest absolute Gasteiger partial charge is 0.243 e. The summed E-state index contributed by atoms with van der Waals surface area (Å²) in [6.45, 7) is -0.272. The minimum atomic E-state index is -3.74. The third-order valence-corrected chi connectivity index (χ3v) is 6.04. The van der Waals surface area contributed by atoms with Crippen LogP contribution in [0.5, 0.6) is 5.75 Å². The molecule has 0 aliphatic carbocycles. The molecule has 25 heavy (non-hydrogen) atoms. The molecule has 0 saturated carbocycles.